The Morgan fingerprint density at radius 1 is 1.03 bits per heavy atom. The minimum atomic E-state index is -0.234. The third kappa shape index (κ3) is 3.69. The second-order valence-corrected chi connectivity index (χ2v) is 7.55. The standard InChI is InChI=1S/C27H21NO4/c1-17-20(14-18-8-3-5-12-24(18)31-17)16-22(26(29)19-9-7-10-21(15-19)30-2)27-28-23-11-4-6-13-25(23)32-27/h3-17H,1-2H3. The molecule has 0 bridgehead atoms. The van der Waals surface area contributed by atoms with Crippen LogP contribution in [0.1, 0.15) is 28.7 Å². The summed E-state index contributed by atoms with van der Waals surface area (Å²) in [6.45, 7) is 1.96. The van der Waals surface area contributed by atoms with Crippen LogP contribution in [0.25, 0.3) is 22.7 Å². The van der Waals surface area contributed by atoms with Gasteiger partial charge in [-0.1, -0.05) is 42.5 Å². The van der Waals surface area contributed by atoms with Gasteiger partial charge in [0.15, 0.2) is 11.4 Å². The number of rotatable bonds is 5. The molecule has 0 N–H and O–H groups in total. The molecule has 3 aromatic carbocycles. The van der Waals surface area contributed by atoms with Crippen LogP contribution >= 0.6 is 0 Å². The van der Waals surface area contributed by atoms with E-state index in [0.29, 0.717) is 28.0 Å². The van der Waals surface area contributed by atoms with Crippen molar-refractivity contribution >= 4 is 28.5 Å². The van der Waals surface area contributed by atoms with Crippen molar-refractivity contribution in [1.82, 2.24) is 4.98 Å². The number of Topliss-reactive ketones (excluding diaryl/α,β-unsaturated/α-hetero) is 1. The number of oxazole rings is 1. The molecule has 1 aliphatic rings. The Morgan fingerprint density at radius 2 is 1.84 bits per heavy atom. The molecule has 0 amide bonds. The van der Waals surface area contributed by atoms with Crippen LogP contribution in [0.5, 0.6) is 11.5 Å². The first-order valence-corrected chi connectivity index (χ1v) is 10.4. The second-order valence-electron chi connectivity index (χ2n) is 7.55. The minimum Gasteiger partial charge on any atom is -0.497 e. The molecule has 0 radical (unpaired) electrons. The highest BCUT2D eigenvalue weighted by Crippen LogP contribution is 2.33. The Morgan fingerprint density at radius 3 is 2.69 bits per heavy atom. The average molecular weight is 423 g/mol. The van der Waals surface area contributed by atoms with Gasteiger partial charge in [-0.2, -0.15) is 0 Å². The van der Waals surface area contributed by atoms with Gasteiger partial charge in [0.25, 0.3) is 0 Å². The van der Waals surface area contributed by atoms with Crippen LogP contribution in [-0.2, 0) is 0 Å². The van der Waals surface area contributed by atoms with Crippen LogP contribution in [-0.4, -0.2) is 24.0 Å². The molecular weight excluding hydrogens is 402 g/mol. The summed E-state index contributed by atoms with van der Waals surface area (Å²) < 4.78 is 17.3. The maximum atomic E-state index is 13.6. The summed E-state index contributed by atoms with van der Waals surface area (Å²) in [6, 6.07) is 22.3. The number of aromatic nitrogens is 1. The van der Waals surface area contributed by atoms with Crippen LogP contribution in [0.2, 0.25) is 0 Å². The van der Waals surface area contributed by atoms with Crippen molar-refractivity contribution in [3.05, 3.63) is 101 Å². The molecule has 5 rings (SSSR count). The lowest BCUT2D eigenvalue weighted by Crippen LogP contribution is -2.18. The molecule has 0 aliphatic carbocycles. The van der Waals surface area contributed by atoms with Crippen LogP contribution in [0.15, 0.2) is 88.9 Å². The first-order chi connectivity index (χ1) is 15.6. The van der Waals surface area contributed by atoms with Crippen LogP contribution in [0.4, 0.5) is 0 Å². The second kappa shape index (κ2) is 8.19. The molecule has 0 saturated carbocycles. The summed E-state index contributed by atoms with van der Waals surface area (Å²) >= 11 is 0. The number of methoxy groups -OCH3 is 1. The predicted molar refractivity (Wildman–Crippen MR) is 124 cm³/mol. The Labute approximate surface area is 185 Å². The molecule has 1 aromatic heterocycles. The van der Waals surface area contributed by atoms with E-state index in [9.17, 15) is 4.79 Å². The quantitative estimate of drug-likeness (QED) is 0.292. The SMILES string of the molecule is COc1cccc(C(=O)C(=CC2=Cc3ccccc3OC2C)c2nc3ccccc3o2)c1. The lowest BCUT2D eigenvalue weighted by Gasteiger charge is -2.23. The molecule has 5 nitrogen and oxygen atoms in total. The number of ether oxygens (including phenoxy) is 2. The Bertz CT molecular complexity index is 1350. The van der Waals surface area contributed by atoms with Crippen molar-refractivity contribution in [3.63, 3.8) is 0 Å². The Hall–Kier alpha value is -4.12. The molecule has 1 atom stereocenters. The molecule has 2 heterocycles. The fourth-order valence-corrected chi connectivity index (χ4v) is 3.72. The third-order valence-electron chi connectivity index (χ3n) is 5.43. The number of ketones is 1. The number of para-hydroxylation sites is 3. The largest absolute Gasteiger partial charge is 0.497 e. The number of allylic oxidation sites excluding steroid dienone is 1. The number of nitrogens with zero attached hydrogens (tertiary/aromatic N) is 1. The topological polar surface area (TPSA) is 61.6 Å². The normalized spacial score (nSPS) is 15.6. The molecular formula is C27H21NO4. The lowest BCUT2D eigenvalue weighted by atomic mass is 9.96. The van der Waals surface area contributed by atoms with E-state index in [1.165, 1.54) is 0 Å². The monoisotopic (exact) mass is 423 g/mol. The van der Waals surface area contributed by atoms with Gasteiger partial charge in [0.1, 0.15) is 23.1 Å². The number of carbonyl (C=O) groups is 1. The molecule has 158 valence electrons. The summed E-state index contributed by atoms with van der Waals surface area (Å²) in [5, 5.41) is 0. The molecule has 0 fully saturated rings. The van der Waals surface area contributed by atoms with Crippen LogP contribution in [0, 0.1) is 0 Å². The smallest absolute Gasteiger partial charge is 0.231 e. The number of hydrogen-bond acceptors (Lipinski definition) is 5. The first kappa shape index (κ1) is 19.8. The van der Waals surface area contributed by atoms with Crippen LogP contribution in [0.3, 0.4) is 0 Å². The van der Waals surface area contributed by atoms with E-state index in [0.717, 1.165) is 16.9 Å². The fourth-order valence-electron chi connectivity index (χ4n) is 3.72. The lowest BCUT2D eigenvalue weighted by molar-refractivity contribution is 0.105. The van der Waals surface area contributed by atoms with E-state index in [1.807, 2.05) is 67.6 Å². The number of carbonyl (C=O) groups excluding carboxylic acids is 1. The van der Waals surface area contributed by atoms with E-state index in [4.69, 9.17) is 13.9 Å². The van der Waals surface area contributed by atoms with Gasteiger partial charge in [-0.15, -0.1) is 0 Å². The van der Waals surface area contributed by atoms with Gasteiger partial charge in [0, 0.05) is 11.1 Å². The highest BCUT2D eigenvalue weighted by Gasteiger charge is 2.24. The molecule has 0 saturated heterocycles. The maximum absolute atomic E-state index is 13.6. The highest BCUT2D eigenvalue weighted by atomic mass is 16.5. The average Bonchev–Trinajstić information content (AvgIpc) is 3.26. The van der Waals surface area contributed by atoms with E-state index in [-0.39, 0.29) is 17.8 Å². The van der Waals surface area contributed by atoms with Gasteiger partial charge in [0.05, 0.1) is 12.7 Å². The van der Waals surface area contributed by atoms with Gasteiger partial charge in [-0.3, -0.25) is 4.79 Å². The molecule has 0 spiro atoms. The van der Waals surface area contributed by atoms with Crippen molar-refractivity contribution in [1.29, 1.82) is 0 Å². The maximum Gasteiger partial charge on any atom is 0.231 e. The molecule has 1 aliphatic heterocycles. The van der Waals surface area contributed by atoms with E-state index in [1.54, 1.807) is 31.4 Å². The van der Waals surface area contributed by atoms with Gasteiger partial charge in [-0.25, -0.2) is 4.98 Å². The summed E-state index contributed by atoms with van der Waals surface area (Å²) in [4.78, 5) is 18.2. The zero-order valence-electron chi connectivity index (χ0n) is 17.7. The third-order valence-corrected chi connectivity index (χ3v) is 5.43. The van der Waals surface area contributed by atoms with Crippen molar-refractivity contribution in [2.24, 2.45) is 0 Å². The fraction of sp³-hybridized carbons (Fsp3) is 0.111. The van der Waals surface area contributed by atoms with Crippen LogP contribution < -0.4 is 9.47 Å². The summed E-state index contributed by atoms with van der Waals surface area (Å²) in [7, 11) is 1.57. The van der Waals surface area contributed by atoms with Crippen molar-refractivity contribution < 1.29 is 18.7 Å². The Balaban J connectivity index is 1.66. The zero-order chi connectivity index (χ0) is 22.1. The number of benzene rings is 3. The number of fused-ring (bicyclic) bond motifs is 2. The van der Waals surface area contributed by atoms with Crippen molar-refractivity contribution in [2.75, 3.05) is 7.11 Å². The van der Waals surface area contributed by atoms with Gasteiger partial charge < -0.3 is 13.9 Å². The number of hydrogen-bond donors (Lipinski definition) is 0. The zero-order valence-corrected chi connectivity index (χ0v) is 17.7. The molecule has 1 unspecified atom stereocenters. The van der Waals surface area contributed by atoms with Crippen molar-refractivity contribution in [3.8, 4) is 11.5 Å². The van der Waals surface area contributed by atoms with E-state index < -0.39 is 0 Å². The highest BCUT2D eigenvalue weighted by molar-refractivity contribution is 6.28. The summed E-state index contributed by atoms with van der Waals surface area (Å²) in [6.07, 6.45) is 3.61. The molecule has 32 heavy (non-hydrogen) atoms. The van der Waals surface area contributed by atoms with Gasteiger partial charge in [0.2, 0.25) is 5.89 Å². The van der Waals surface area contributed by atoms with Gasteiger partial charge >= 0.3 is 0 Å². The predicted octanol–water partition coefficient (Wildman–Crippen LogP) is 5.97. The summed E-state index contributed by atoms with van der Waals surface area (Å²) in [5.41, 5.74) is 3.98. The molecule has 5 heteroatoms. The van der Waals surface area contributed by atoms with Gasteiger partial charge in [-0.05, 0) is 55.0 Å². The first-order valence-electron chi connectivity index (χ1n) is 10.4. The Kier molecular flexibility index (Phi) is 5.07. The molecule has 4 aromatic rings. The summed E-state index contributed by atoms with van der Waals surface area (Å²) in [5.74, 6) is 1.49. The van der Waals surface area contributed by atoms with E-state index >= 15 is 0 Å². The van der Waals surface area contributed by atoms with Crippen molar-refractivity contribution in [2.45, 2.75) is 13.0 Å². The van der Waals surface area contributed by atoms with E-state index in [2.05, 4.69) is 4.98 Å². The minimum absolute atomic E-state index is 0.206.